The molecule has 0 heterocycles. The molecule has 2 aromatic carbocycles. The lowest BCUT2D eigenvalue weighted by atomic mass is 9.92. The standard InChI is InChI=1S/C56H68N4O22/c1-13-42(61)72-28-55(29-73-43(62)14-2,30-74-44(63)15-3)34-81-51(70)59-40-21-19-38(23-36(40)7)57-49(68)79-26-53(9,10)25-78-48(67)54(11,12)27-80-50(69)58-39-20-22-41(37(8)24-39)60-52(71)82-35-56(31-75-45(64)16-4,32-76-46(65)17-5)33-77-47(66)18-6/h13-24H,1-6,25-35H2,7-12H3,(H,57,68)(H,58,69)(H,59,70)(H,60,71). The molecule has 0 saturated carbocycles. The van der Waals surface area contributed by atoms with Gasteiger partial charge in [0.1, 0.15) is 76.9 Å². The fourth-order valence-electron chi connectivity index (χ4n) is 6.06. The number of nitrogens with one attached hydrogen (secondary N) is 4. The van der Waals surface area contributed by atoms with Gasteiger partial charge in [-0.25, -0.2) is 47.9 Å². The zero-order valence-electron chi connectivity index (χ0n) is 46.4. The summed E-state index contributed by atoms with van der Waals surface area (Å²) in [5, 5.41) is 10.2. The van der Waals surface area contributed by atoms with Gasteiger partial charge in [-0.3, -0.25) is 26.1 Å². The lowest BCUT2D eigenvalue weighted by molar-refractivity contribution is -0.161. The Morgan fingerprint density at radius 2 is 0.622 bits per heavy atom. The first-order valence-electron chi connectivity index (χ1n) is 24.5. The molecule has 0 aliphatic heterocycles. The van der Waals surface area contributed by atoms with Crippen molar-refractivity contribution in [3.05, 3.63) is 123 Å². The number of carbonyl (C=O) groups is 11. The third kappa shape index (κ3) is 24.9. The van der Waals surface area contributed by atoms with Crippen molar-refractivity contribution in [2.45, 2.75) is 41.5 Å². The van der Waals surface area contributed by atoms with E-state index in [-0.39, 0.29) is 36.0 Å². The van der Waals surface area contributed by atoms with Gasteiger partial charge in [-0.1, -0.05) is 53.3 Å². The molecule has 0 atom stereocenters. The third-order valence-corrected chi connectivity index (χ3v) is 10.9. The first kappa shape index (κ1) is 68.4. The summed E-state index contributed by atoms with van der Waals surface area (Å²) in [6.07, 6.45) is 1.45. The van der Waals surface area contributed by atoms with Gasteiger partial charge in [0.05, 0.1) is 12.0 Å². The summed E-state index contributed by atoms with van der Waals surface area (Å²) >= 11 is 0. The number of carbonyl (C=O) groups excluding carboxylic acids is 11. The molecule has 0 aliphatic carbocycles. The molecular weight excluding hydrogens is 1080 g/mol. The fourth-order valence-corrected chi connectivity index (χ4v) is 6.06. The molecule has 26 nitrogen and oxygen atoms in total. The van der Waals surface area contributed by atoms with Gasteiger partial charge in [-0.15, -0.1) is 0 Å². The van der Waals surface area contributed by atoms with Crippen LogP contribution in [0.5, 0.6) is 0 Å². The van der Waals surface area contributed by atoms with Crippen LogP contribution in [-0.2, 0) is 85.7 Å². The van der Waals surface area contributed by atoms with Crippen LogP contribution in [0.4, 0.5) is 41.9 Å². The Kier molecular flexibility index (Phi) is 27.5. The number of benzene rings is 2. The maximum Gasteiger partial charge on any atom is 0.411 e. The van der Waals surface area contributed by atoms with Gasteiger partial charge in [-0.05, 0) is 75.2 Å². The quantitative estimate of drug-likeness (QED) is 0.0313. The van der Waals surface area contributed by atoms with Gasteiger partial charge in [-0.2, -0.15) is 0 Å². The van der Waals surface area contributed by atoms with E-state index in [9.17, 15) is 52.7 Å². The zero-order chi connectivity index (χ0) is 61.7. The smallest absolute Gasteiger partial charge is 0.411 e. The van der Waals surface area contributed by atoms with E-state index in [0.29, 0.717) is 11.1 Å². The minimum atomic E-state index is -1.57. The Morgan fingerprint density at radius 3 is 0.915 bits per heavy atom. The Morgan fingerprint density at radius 1 is 0.366 bits per heavy atom. The van der Waals surface area contributed by atoms with E-state index in [1.807, 2.05) is 0 Å². The van der Waals surface area contributed by atoms with E-state index in [0.717, 1.165) is 36.5 Å². The van der Waals surface area contributed by atoms with Crippen molar-refractivity contribution < 1.29 is 105 Å². The summed E-state index contributed by atoms with van der Waals surface area (Å²) in [7, 11) is 0. The summed E-state index contributed by atoms with van der Waals surface area (Å²) in [5.74, 6) is -5.88. The monoisotopic (exact) mass is 1150 g/mol. The van der Waals surface area contributed by atoms with Crippen LogP contribution in [0.15, 0.2) is 112 Å². The molecule has 26 heteroatoms. The number of anilines is 4. The molecule has 444 valence electrons. The fraction of sp³-hybridized carbons (Fsp3) is 0.375. The van der Waals surface area contributed by atoms with Crippen molar-refractivity contribution in [3.63, 3.8) is 0 Å². The van der Waals surface area contributed by atoms with E-state index in [2.05, 4.69) is 60.7 Å². The second-order valence-electron chi connectivity index (χ2n) is 19.4. The van der Waals surface area contributed by atoms with Crippen LogP contribution in [-0.4, -0.2) is 139 Å². The summed E-state index contributed by atoms with van der Waals surface area (Å²) in [6.45, 7) is 24.3. The number of esters is 7. The Bertz CT molecular complexity index is 2630. The van der Waals surface area contributed by atoms with E-state index in [4.69, 9.17) is 52.1 Å². The molecule has 2 aromatic rings. The highest BCUT2D eigenvalue weighted by atomic mass is 16.6. The van der Waals surface area contributed by atoms with Crippen molar-refractivity contribution in [3.8, 4) is 0 Å². The highest BCUT2D eigenvalue weighted by Gasteiger charge is 2.39. The van der Waals surface area contributed by atoms with Crippen LogP contribution in [0.2, 0.25) is 0 Å². The average Bonchev–Trinajstić information content (AvgIpc) is 3.58. The first-order chi connectivity index (χ1) is 38.6. The van der Waals surface area contributed by atoms with Gasteiger partial charge < -0.3 is 52.1 Å². The number of aryl methyl sites for hydroxylation is 2. The van der Waals surface area contributed by atoms with Gasteiger partial charge >= 0.3 is 66.2 Å². The molecule has 0 aromatic heterocycles. The van der Waals surface area contributed by atoms with Gasteiger partial charge in [0.25, 0.3) is 0 Å². The van der Waals surface area contributed by atoms with Crippen molar-refractivity contribution in [1.82, 2.24) is 0 Å². The van der Waals surface area contributed by atoms with E-state index < -0.39 is 147 Å². The third-order valence-electron chi connectivity index (χ3n) is 10.9. The molecule has 0 unspecified atom stereocenters. The maximum atomic E-state index is 13.2. The predicted octanol–water partition coefficient (Wildman–Crippen LogP) is 7.14. The van der Waals surface area contributed by atoms with Crippen LogP contribution in [0.25, 0.3) is 0 Å². The molecule has 0 saturated heterocycles. The second kappa shape index (κ2) is 33.0. The van der Waals surface area contributed by atoms with Crippen molar-refractivity contribution >= 4 is 88.9 Å². The summed E-state index contributed by atoms with van der Waals surface area (Å²) < 4.78 is 57.8. The lowest BCUT2D eigenvalue weighted by Crippen LogP contribution is -2.44. The summed E-state index contributed by atoms with van der Waals surface area (Å²) in [5.41, 5.74) is -3.45. The van der Waals surface area contributed by atoms with Gasteiger partial charge in [0.15, 0.2) is 0 Å². The average molecular weight is 1150 g/mol. The van der Waals surface area contributed by atoms with Crippen LogP contribution < -0.4 is 21.3 Å². The van der Waals surface area contributed by atoms with Crippen molar-refractivity contribution in [1.29, 1.82) is 0 Å². The summed E-state index contributed by atoms with van der Waals surface area (Å²) in [6, 6.07) is 8.80. The molecular formula is C56H68N4O22. The molecule has 0 spiro atoms. The molecule has 0 bridgehead atoms. The van der Waals surface area contributed by atoms with Crippen molar-refractivity contribution in [2.24, 2.45) is 21.7 Å². The zero-order valence-corrected chi connectivity index (χ0v) is 46.4. The minimum Gasteiger partial charge on any atom is -0.464 e. The molecule has 0 radical (unpaired) electrons. The molecule has 0 aliphatic rings. The van der Waals surface area contributed by atoms with E-state index in [1.165, 1.54) is 50.2 Å². The number of hydrogen-bond donors (Lipinski definition) is 4. The number of hydrogen-bond acceptors (Lipinski definition) is 22. The van der Waals surface area contributed by atoms with E-state index >= 15 is 0 Å². The highest BCUT2D eigenvalue weighted by Crippen LogP contribution is 2.27. The van der Waals surface area contributed by atoms with E-state index in [1.54, 1.807) is 27.7 Å². The molecule has 2 rings (SSSR count). The maximum absolute atomic E-state index is 13.2. The van der Waals surface area contributed by atoms with Crippen LogP contribution in [0.3, 0.4) is 0 Å². The van der Waals surface area contributed by atoms with Crippen molar-refractivity contribution in [2.75, 3.05) is 93.9 Å². The normalized spacial score (nSPS) is 11.0. The SMILES string of the molecule is C=CC(=O)OCC(COC(=O)C=C)(COC(=O)C=C)COC(=O)Nc1ccc(NC(=O)OCC(C)(C)COC(=O)C(C)(C)COC(=O)Nc2ccc(NC(=O)OCC(COC(=O)C=C)(COC(=O)C=C)COC(=O)C=C)c(C)c2)cc1C. The molecule has 0 fully saturated rings. The van der Waals surface area contributed by atoms with Crippen LogP contribution >= 0.6 is 0 Å². The minimum absolute atomic E-state index is 0.207. The number of ether oxygens (including phenoxy) is 11. The number of amides is 4. The Balaban J connectivity index is 1.95. The number of rotatable bonds is 33. The van der Waals surface area contributed by atoms with Crippen LogP contribution in [0, 0.1) is 35.5 Å². The molecule has 82 heavy (non-hydrogen) atoms. The molecule has 4 amide bonds. The predicted molar refractivity (Wildman–Crippen MR) is 293 cm³/mol. The molecule has 4 N–H and O–H groups in total. The summed E-state index contributed by atoms with van der Waals surface area (Å²) in [4.78, 5) is 136. The largest absolute Gasteiger partial charge is 0.464 e. The van der Waals surface area contributed by atoms with Gasteiger partial charge in [0, 0.05) is 64.6 Å². The Hall–Kier alpha value is -9.75. The van der Waals surface area contributed by atoms with Crippen LogP contribution in [0.1, 0.15) is 38.8 Å². The Labute approximate surface area is 473 Å². The second-order valence-corrected chi connectivity index (χ2v) is 19.4. The topological polar surface area (TPSA) is 337 Å². The lowest BCUT2D eigenvalue weighted by Gasteiger charge is -2.31. The van der Waals surface area contributed by atoms with Gasteiger partial charge in [0.2, 0.25) is 0 Å². The first-order valence-corrected chi connectivity index (χ1v) is 24.5. The highest BCUT2D eigenvalue weighted by molar-refractivity contribution is 5.90.